The van der Waals surface area contributed by atoms with Crippen LogP contribution in [0.1, 0.15) is 27.3 Å². The second kappa shape index (κ2) is 6.57. The van der Waals surface area contributed by atoms with Crippen molar-refractivity contribution in [2.24, 2.45) is 0 Å². The highest BCUT2D eigenvalue weighted by Gasteiger charge is 2.17. The number of benzene rings is 1. The topological polar surface area (TPSA) is 67.7 Å². The fourth-order valence-corrected chi connectivity index (χ4v) is 3.09. The van der Waals surface area contributed by atoms with E-state index in [9.17, 15) is 4.79 Å². The van der Waals surface area contributed by atoms with Crippen molar-refractivity contribution in [3.05, 3.63) is 65.1 Å². The minimum Gasteiger partial charge on any atom is -0.492 e. The fraction of sp³-hybridized carbons (Fsp3) is 0.263. The summed E-state index contributed by atoms with van der Waals surface area (Å²) in [4.78, 5) is 17.2. The summed E-state index contributed by atoms with van der Waals surface area (Å²) in [5, 5.41) is 6.24. The number of aryl methyl sites for hydroxylation is 1. The van der Waals surface area contributed by atoms with Crippen LogP contribution in [0.25, 0.3) is 5.65 Å². The summed E-state index contributed by atoms with van der Waals surface area (Å²) in [6, 6.07) is 11.6. The van der Waals surface area contributed by atoms with Gasteiger partial charge in [-0.15, -0.1) is 0 Å². The number of pyridine rings is 1. The molecule has 0 spiro atoms. The van der Waals surface area contributed by atoms with Crippen molar-refractivity contribution >= 4 is 11.6 Å². The average Bonchev–Trinajstić information content (AvgIpc) is 2.89. The minimum atomic E-state index is -0.113. The molecule has 0 fully saturated rings. The van der Waals surface area contributed by atoms with Gasteiger partial charge in [-0.05, 0) is 31.2 Å². The van der Waals surface area contributed by atoms with E-state index >= 15 is 0 Å². The predicted molar refractivity (Wildman–Crippen MR) is 94.7 cm³/mol. The van der Waals surface area contributed by atoms with Crippen molar-refractivity contribution < 1.29 is 9.53 Å². The van der Waals surface area contributed by atoms with E-state index in [1.807, 2.05) is 53.9 Å². The molecule has 2 aromatic heterocycles. The molecule has 0 atom stereocenters. The van der Waals surface area contributed by atoms with Crippen LogP contribution in [-0.2, 0) is 13.1 Å². The smallest absolute Gasteiger partial charge is 0.252 e. The van der Waals surface area contributed by atoms with Gasteiger partial charge >= 0.3 is 0 Å². The van der Waals surface area contributed by atoms with Gasteiger partial charge in [0.1, 0.15) is 18.0 Å². The molecule has 1 aliphatic rings. The van der Waals surface area contributed by atoms with E-state index in [2.05, 4.69) is 15.6 Å². The molecule has 4 rings (SSSR count). The molecule has 1 amide bonds. The molecule has 0 radical (unpaired) electrons. The van der Waals surface area contributed by atoms with Crippen LogP contribution >= 0.6 is 0 Å². The number of nitrogens with one attached hydrogen (secondary N) is 2. The van der Waals surface area contributed by atoms with Gasteiger partial charge in [0.05, 0.1) is 12.2 Å². The lowest BCUT2D eigenvalue weighted by Gasteiger charge is -2.11. The number of hydrogen-bond acceptors (Lipinski definition) is 4. The maximum absolute atomic E-state index is 12.7. The number of ether oxygens (including phenoxy) is 1. The normalized spacial score (nSPS) is 13.8. The summed E-state index contributed by atoms with van der Waals surface area (Å²) in [7, 11) is 0. The van der Waals surface area contributed by atoms with E-state index in [4.69, 9.17) is 4.74 Å². The molecule has 1 aliphatic heterocycles. The third-order valence-electron chi connectivity index (χ3n) is 4.39. The van der Waals surface area contributed by atoms with Crippen LogP contribution in [0.3, 0.4) is 0 Å². The highest BCUT2D eigenvalue weighted by molar-refractivity contribution is 5.96. The van der Waals surface area contributed by atoms with Gasteiger partial charge < -0.3 is 19.8 Å². The van der Waals surface area contributed by atoms with E-state index in [0.29, 0.717) is 25.3 Å². The number of carbonyl (C=O) groups is 1. The predicted octanol–water partition coefficient (Wildman–Crippen LogP) is 2.05. The van der Waals surface area contributed by atoms with E-state index in [-0.39, 0.29) is 5.91 Å². The third-order valence-corrected chi connectivity index (χ3v) is 4.39. The highest BCUT2D eigenvalue weighted by Crippen LogP contribution is 2.24. The highest BCUT2D eigenvalue weighted by atomic mass is 16.5. The molecule has 6 heteroatoms. The van der Waals surface area contributed by atoms with Crippen molar-refractivity contribution in [2.45, 2.75) is 20.0 Å². The van der Waals surface area contributed by atoms with Gasteiger partial charge in [-0.25, -0.2) is 4.98 Å². The largest absolute Gasteiger partial charge is 0.492 e. The number of fused-ring (bicyclic) bond motifs is 2. The molecule has 2 N–H and O–H groups in total. The minimum absolute atomic E-state index is 0.113. The molecular formula is C19H20N4O2. The quantitative estimate of drug-likeness (QED) is 0.768. The monoisotopic (exact) mass is 336 g/mol. The standard InChI is InChI=1S/C19H20N4O2/c1-13-4-2-7-18-22-14(12-23(13)18)10-21-19(24)15-5-3-6-17-16(15)11-20-8-9-25-17/h2-7,12,20H,8-11H2,1H3,(H,21,24). The Morgan fingerprint density at radius 2 is 2.20 bits per heavy atom. The SMILES string of the molecule is Cc1cccc2nc(CNC(=O)c3cccc4c3CNCCO4)cn12. The molecule has 0 unspecified atom stereocenters. The van der Waals surface area contributed by atoms with Gasteiger partial charge in [-0.3, -0.25) is 4.79 Å². The number of aromatic nitrogens is 2. The van der Waals surface area contributed by atoms with Crippen molar-refractivity contribution in [3.8, 4) is 5.75 Å². The van der Waals surface area contributed by atoms with E-state index in [0.717, 1.165) is 34.9 Å². The van der Waals surface area contributed by atoms with E-state index in [1.54, 1.807) is 0 Å². The number of hydrogen-bond donors (Lipinski definition) is 2. The first-order valence-corrected chi connectivity index (χ1v) is 8.39. The van der Waals surface area contributed by atoms with Gasteiger partial charge in [0.2, 0.25) is 0 Å². The lowest BCUT2D eigenvalue weighted by molar-refractivity contribution is 0.0949. The molecule has 0 saturated carbocycles. The van der Waals surface area contributed by atoms with Gasteiger partial charge in [0, 0.05) is 36.1 Å². The summed E-state index contributed by atoms with van der Waals surface area (Å²) in [5.41, 5.74) is 4.38. The Kier molecular flexibility index (Phi) is 4.11. The Morgan fingerprint density at radius 1 is 1.32 bits per heavy atom. The first-order valence-electron chi connectivity index (χ1n) is 8.39. The molecule has 0 aliphatic carbocycles. The van der Waals surface area contributed by atoms with Crippen LogP contribution in [0.2, 0.25) is 0 Å². The van der Waals surface area contributed by atoms with Crippen molar-refractivity contribution in [1.82, 2.24) is 20.0 Å². The number of carbonyl (C=O) groups excluding carboxylic acids is 1. The summed E-state index contributed by atoms with van der Waals surface area (Å²) < 4.78 is 7.72. The Bertz CT molecular complexity index is 932. The van der Waals surface area contributed by atoms with Gasteiger partial charge in [-0.2, -0.15) is 0 Å². The second-order valence-corrected chi connectivity index (χ2v) is 6.12. The summed E-state index contributed by atoms with van der Waals surface area (Å²) >= 11 is 0. The molecule has 3 heterocycles. The molecule has 0 saturated heterocycles. The first kappa shape index (κ1) is 15.7. The first-order chi connectivity index (χ1) is 12.2. The average molecular weight is 336 g/mol. The van der Waals surface area contributed by atoms with Crippen LogP contribution in [0.4, 0.5) is 0 Å². The van der Waals surface area contributed by atoms with Crippen molar-refractivity contribution in [1.29, 1.82) is 0 Å². The van der Waals surface area contributed by atoms with E-state index < -0.39 is 0 Å². The van der Waals surface area contributed by atoms with Crippen LogP contribution in [0.5, 0.6) is 5.75 Å². The molecule has 128 valence electrons. The summed E-state index contributed by atoms with van der Waals surface area (Å²) in [6.07, 6.45) is 1.96. The second-order valence-electron chi connectivity index (χ2n) is 6.12. The lowest BCUT2D eigenvalue weighted by atomic mass is 10.1. The Balaban J connectivity index is 1.53. The summed E-state index contributed by atoms with van der Waals surface area (Å²) in [6.45, 7) is 4.43. The zero-order valence-electron chi connectivity index (χ0n) is 14.1. The van der Waals surface area contributed by atoms with Crippen LogP contribution < -0.4 is 15.4 Å². The molecule has 1 aromatic carbocycles. The summed E-state index contributed by atoms with van der Waals surface area (Å²) in [5.74, 6) is 0.666. The molecule has 6 nitrogen and oxygen atoms in total. The maximum atomic E-state index is 12.7. The molecule has 3 aromatic rings. The zero-order chi connectivity index (χ0) is 17.2. The number of rotatable bonds is 3. The van der Waals surface area contributed by atoms with Crippen LogP contribution in [0, 0.1) is 6.92 Å². The Labute approximate surface area is 145 Å². The third kappa shape index (κ3) is 3.08. The van der Waals surface area contributed by atoms with Crippen molar-refractivity contribution in [3.63, 3.8) is 0 Å². The molecule has 0 bridgehead atoms. The van der Waals surface area contributed by atoms with Gasteiger partial charge in [-0.1, -0.05) is 12.1 Å². The van der Waals surface area contributed by atoms with Gasteiger partial charge in [0.25, 0.3) is 5.91 Å². The Hall–Kier alpha value is -2.86. The maximum Gasteiger partial charge on any atom is 0.252 e. The Morgan fingerprint density at radius 3 is 3.08 bits per heavy atom. The molecular weight excluding hydrogens is 316 g/mol. The number of amides is 1. The molecule has 25 heavy (non-hydrogen) atoms. The van der Waals surface area contributed by atoms with E-state index in [1.165, 1.54) is 0 Å². The van der Waals surface area contributed by atoms with Crippen molar-refractivity contribution in [2.75, 3.05) is 13.2 Å². The van der Waals surface area contributed by atoms with Gasteiger partial charge in [0.15, 0.2) is 0 Å². The lowest BCUT2D eigenvalue weighted by Crippen LogP contribution is -2.25. The number of imidazole rings is 1. The van der Waals surface area contributed by atoms with Crippen LogP contribution in [-0.4, -0.2) is 28.4 Å². The fourth-order valence-electron chi connectivity index (χ4n) is 3.09. The van der Waals surface area contributed by atoms with Crippen LogP contribution in [0.15, 0.2) is 42.6 Å². The number of nitrogens with zero attached hydrogens (tertiary/aromatic N) is 2. The zero-order valence-corrected chi connectivity index (χ0v) is 14.1.